The number of anilines is 1. The molecule has 0 unspecified atom stereocenters. The molecule has 7 heteroatoms. The summed E-state index contributed by atoms with van der Waals surface area (Å²) in [6.07, 6.45) is 2.18. The molecule has 3 N–H and O–H groups in total. The number of nitrogens with two attached hydrogens (primary N) is 1. The highest BCUT2D eigenvalue weighted by molar-refractivity contribution is 9.10. The van der Waals surface area contributed by atoms with Crippen molar-refractivity contribution in [2.75, 3.05) is 12.3 Å². The fraction of sp³-hybridized carbons (Fsp3) is 0.375. The number of rotatable bonds is 4. The summed E-state index contributed by atoms with van der Waals surface area (Å²) in [5.74, 6) is 0.00167. The Morgan fingerprint density at radius 3 is 2.87 bits per heavy atom. The van der Waals surface area contributed by atoms with E-state index in [1.165, 1.54) is 12.3 Å². The van der Waals surface area contributed by atoms with E-state index in [0.29, 0.717) is 11.0 Å². The monoisotopic (exact) mass is 293 g/mol. The third-order valence-electron chi connectivity index (χ3n) is 1.68. The molecule has 0 atom stereocenters. The van der Waals surface area contributed by atoms with E-state index in [9.17, 15) is 8.42 Å². The van der Waals surface area contributed by atoms with E-state index >= 15 is 0 Å². The van der Waals surface area contributed by atoms with Gasteiger partial charge in [-0.3, -0.25) is 0 Å². The number of nitrogens with one attached hydrogen (secondary N) is 1. The molecule has 0 radical (unpaired) electrons. The summed E-state index contributed by atoms with van der Waals surface area (Å²) in [5.41, 5.74) is 5.50. The number of sulfonamides is 1. The van der Waals surface area contributed by atoms with Gasteiger partial charge in [-0.15, -0.1) is 0 Å². The van der Waals surface area contributed by atoms with E-state index in [2.05, 4.69) is 25.6 Å². The number of pyridine rings is 1. The van der Waals surface area contributed by atoms with E-state index in [-0.39, 0.29) is 10.7 Å². The van der Waals surface area contributed by atoms with Gasteiger partial charge < -0.3 is 5.73 Å². The quantitative estimate of drug-likeness (QED) is 0.871. The second kappa shape index (κ2) is 4.91. The van der Waals surface area contributed by atoms with Gasteiger partial charge in [0.1, 0.15) is 10.7 Å². The molecule has 0 aliphatic heterocycles. The Balaban J connectivity index is 3.09. The molecule has 15 heavy (non-hydrogen) atoms. The maximum absolute atomic E-state index is 11.7. The normalized spacial score (nSPS) is 11.6. The minimum Gasteiger partial charge on any atom is -0.383 e. The van der Waals surface area contributed by atoms with Crippen molar-refractivity contribution in [2.45, 2.75) is 18.2 Å². The van der Waals surface area contributed by atoms with Crippen LogP contribution in [-0.4, -0.2) is 19.9 Å². The highest BCUT2D eigenvalue weighted by Crippen LogP contribution is 2.19. The van der Waals surface area contributed by atoms with Crippen molar-refractivity contribution in [2.24, 2.45) is 0 Å². The maximum atomic E-state index is 11.7. The van der Waals surface area contributed by atoms with E-state index in [0.717, 1.165) is 6.42 Å². The van der Waals surface area contributed by atoms with E-state index in [1.807, 2.05) is 6.92 Å². The summed E-state index contributed by atoms with van der Waals surface area (Å²) in [7, 11) is -3.54. The lowest BCUT2D eigenvalue weighted by Crippen LogP contribution is -2.25. The van der Waals surface area contributed by atoms with Crippen molar-refractivity contribution in [3.05, 3.63) is 16.7 Å². The lowest BCUT2D eigenvalue weighted by atomic mass is 10.5. The van der Waals surface area contributed by atoms with E-state index in [4.69, 9.17) is 5.73 Å². The van der Waals surface area contributed by atoms with Gasteiger partial charge in [0, 0.05) is 17.2 Å². The zero-order valence-electron chi connectivity index (χ0n) is 8.20. The fourth-order valence-electron chi connectivity index (χ4n) is 0.961. The zero-order valence-corrected chi connectivity index (χ0v) is 10.6. The third kappa shape index (κ3) is 3.15. The second-order valence-corrected chi connectivity index (χ2v) is 5.59. The van der Waals surface area contributed by atoms with Crippen LogP contribution in [0.2, 0.25) is 0 Å². The molecular weight excluding hydrogens is 282 g/mol. The molecule has 1 aromatic rings. The molecule has 0 saturated heterocycles. The van der Waals surface area contributed by atoms with Crippen LogP contribution in [0.15, 0.2) is 21.6 Å². The van der Waals surface area contributed by atoms with Crippen LogP contribution in [-0.2, 0) is 10.0 Å². The predicted octanol–water partition coefficient (Wildman–Crippen LogP) is 1.11. The Labute approximate surface area is 97.3 Å². The molecule has 1 aromatic heterocycles. The van der Waals surface area contributed by atoms with Crippen molar-refractivity contribution in [3.8, 4) is 0 Å². The molecule has 0 aromatic carbocycles. The first-order valence-electron chi connectivity index (χ1n) is 4.38. The second-order valence-electron chi connectivity index (χ2n) is 2.93. The topological polar surface area (TPSA) is 85.1 Å². The molecule has 84 valence electrons. The van der Waals surface area contributed by atoms with Crippen molar-refractivity contribution in [3.63, 3.8) is 0 Å². The van der Waals surface area contributed by atoms with Crippen LogP contribution in [0.3, 0.4) is 0 Å². The predicted molar refractivity (Wildman–Crippen MR) is 61.8 cm³/mol. The summed E-state index contributed by atoms with van der Waals surface area (Å²) >= 11 is 3.15. The number of aromatic nitrogens is 1. The molecule has 0 bridgehead atoms. The van der Waals surface area contributed by atoms with Gasteiger partial charge in [-0.25, -0.2) is 18.1 Å². The standard InChI is InChI=1S/C8H12BrN3O2S/c1-2-3-12-15(13,14)7-4-6(9)5-11-8(7)10/h4-5,12H,2-3H2,1H3,(H2,10,11). The van der Waals surface area contributed by atoms with Gasteiger partial charge in [0.2, 0.25) is 10.0 Å². The number of nitrogens with zero attached hydrogens (tertiary/aromatic N) is 1. The number of hydrogen-bond donors (Lipinski definition) is 2. The lowest BCUT2D eigenvalue weighted by Gasteiger charge is -2.07. The maximum Gasteiger partial charge on any atom is 0.244 e. The lowest BCUT2D eigenvalue weighted by molar-refractivity contribution is 0.581. The van der Waals surface area contributed by atoms with Crippen LogP contribution in [0.5, 0.6) is 0 Å². The average molecular weight is 294 g/mol. The van der Waals surface area contributed by atoms with Crippen LogP contribution in [0.1, 0.15) is 13.3 Å². The number of nitrogen functional groups attached to an aromatic ring is 1. The third-order valence-corrected chi connectivity index (χ3v) is 3.60. The molecular formula is C8H12BrN3O2S. The van der Waals surface area contributed by atoms with Gasteiger partial charge in [0.15, 0.2) is 0 Å². The summed E-state index contributed by atoms with van der Waals surface area (Å²) in [6, 6.07) is 1.43. The highest BCUT2D eigenvalue weighted by Gasteiger charge is 2.17. The van der Waals surface area contributed by atoms with Gasteiger partial charge in [0.25, 0.3) is 0 Å². The summed E-state index contributed by atoms with van der Waals surface area (Å²) in [4.78, 5) is 3.77. The summed E-state index contributed by atoms with van der Waals surface area (Å²) in [5, 5.41) is 0. The largest absolute Gasteiger partial charge is 0.383 e. The highest BCUT2D eigenvalue weighted by atomic mass is 79.9. The van der Waals surface area contributed by atoms with Crippen molar-refractivity contribution < 1.29 is 8.42 Å². The molecule has 0 amide bonds. The van der Waals surface area contributed by atoms with Gasteiger partial charge >= 0.3 is 0 Å². The first-order valence-corrected chi connectivity index (χ1v) is 6.65. The van der Waals surface area contributed by atoms with Crippen LogP contribution in [0, 0.1) is 0 Å². The first-order chi connectivity index (χ1) is 6.97. The van der Waals surface area contributed by atoms with Gasteiger partial charge in [0.05, 0.1) is 0 Å². The molecule has 0 aliphatic rings. The molecule has 0 aliphatic carbocycles. The van der Waals surface area contributed by atoms with E-state index in [1.54, 1.807) is 0 Å². The van der Waals surface area contributed by atoms with Crippen LogP contribution in [0.25, 0.3) is 0 Å². The number of hydrogen-bond acceptors (Lipinski definition) is 4. The van der Waals surface area contributed by atoms with Gasteiger partial charge in [-0.2, -0.15) is 0 Å². The summed E-state index contributed by atoms with van der Waals surface area (Å²) in [6.45, 7) is 2.26. The average Bonchev–Trinajstić information content (AvgIpc) is 2.18. The Hall–Kier alpha value is -0.660. The Kier molecular flexibility index (Phi) is 4.06. The van der Waals surface area contributed by atoms with Crippen molar-refractivity contribution in [1.82, 2.24) is 9.71 Å². The molecule has 5 nitrogen and oxygen atoms in total. The van der Waals surface area contributed by atoms with Crippen LogP contribution < -0.4 is 10.5 Å². The minimum absolute atomic E-state index is 0.00167. The Morgan fingerprint density at radius 2 is 2.27 bits per heavy atom. The van der Waals surface area contributed by atoms with Crippen LogP contribution >= 0.6 is 15.9 Å². The SMILES string of the molecule is CCCNS(=O)(=O)c1cc(Br)cnc1N. The summed E-state index contributed by atoms with van der Waals surface area (Å²) < 4.78 is 26.4. The Morgan fingerprint density at radius 1 is 1.60 bits per heavy atom. The van der Waals surface area contributed by atoms with Crippen LogP contribution in [0.4, 0.5) is 5.82 Å². The molecule has 0 saturated carbocycles. The van der Waals surface area contributed by atoms with Gasteiger partial charge in [-0.05, 0) is 28.4 Å². The molecule has 0 spiro atoms. The molecule has 0 fully saturated rings. The van der Waals surface area contributed by atoms with Gasteiger partial charge in [-0.1, -0.05) is 6.92 Å². The molecule has 1 rings (SSSR count). The number of halogens is 1. The smallest absolute Gasteiger partial charge is 0.244 e. The Bertz CT molecular complexity index is 447. The minimum atomic E-state index is -3.54. The van der Waals surface area contributed by atoms with Crippen molar-refractivity contribution >= 4 is 31.8 Å². The zero-order chi connectivity index (χ0) is 11.5. The fourth-order valence-corrected chi connectivity index (χ4v) is 2.68. The molecule has 1 heterocycles. The van der Waals surface area contributed by atoms with Crippen molar-refractivity contribution in [1.29, 1.82) is 0 Å². The van der Waals surface area contributed by atoms with E-state index < -0.39 is 10.0 Å². The first kappa shape index (κ1) is 12.4.